The van der Waals surface area contributed by atoms with Crippen LogP contribution >= 0.6 is 0 Å². The zero-order valence-electron chi connectivity index (χ0n) is 16.5. The molecule has 0 bridgehead atoms. The summed E-state index contributed by atoms with van der Waals surface area (Å²) in [7, 11) is 1.58. The number of ether oxygens (including phenoxy) is 1. The topological polar surface area (TPSA) is 104 Å². The minimum absolute atomic E-state index is 0.124. The number of aromatic amines is 1. The summed E-state index contributed by atoms with van der Waals surface area (Å²) in [5.41, 5.74) is 2.51. The molecule has 4 rings (SSSR count). The minimum atomic E-state index is -0.869. The van der Waals surface area contributed by atoms with E-state index in [-0.39, 0.29) is 18.9 Å². The lowest BCUT2D eigenvalue weighted by molar-refractivity contribution is -0.129. The number of H-pyrrole nitrogens is 1. The molecule has 1 atom stereocenters. The van der Waals surface area contributed by atoms with Crippen molar-refractivity contribution in [2.75, 3.05) is 19.0 Å². The van der Waals surface area contributed by atoms with E-state index in [1.807, 2.05) is 48.7 Å². The number of carbonyl (C=O) groups excluding carboxylic acids is 3. The van der Waals surface area contributed by atoms with Gasteiger partial charge in [0, 0.05) is 29.3 Å². The summed E-state index contributed by atoms with van der Waals surface area (Å²) in [6, 6.07) is 13.5. The number of methoxy groups -OCH3 is 1. The number of aromatic nitrogens is 1. The van der Waals surface area contributed by atoms with E-state index in [0.29, 0.717) is 17.9 Å². The van der Waals surface area contributed by atoms with Crippen LogP contribution in [0.25, 0.3) is 10.9 Å². The quantitative estimate of drug-likeness (QED) is 0.525. The molecule has 2 aromatic carbocycles. The van der Waals surface area contributed by atoms with Crippen molar-refractivity contribution >= 4 is 34.4 Å². The van der Waals surface area contributed by atoms with E-state index in [2.05, 4.69) is 15.6 Å². The van der Waals surface area contributed by atoms with Crippen LogP contribution in [-0.2, 0) is 16.0 Å². The summed E-state index contributed by atoms with van der Waals surface area (Å²) in [5, 5.41) is 6.36. The molecule has 154 valence electrons. The molecule has 1 fully saturated rings. The number of urea groups is 1. The van der Waals surface area contributed by atoms with Crippen molar-refractivity contribution in [3.8, 4) is 5.75 Å². The van der Waals surface area contributed by atoms with E-state index in [4.69, 9.17) is 4.74 Å². The van der Waals surface area contributed by atoms with Gasteiger partial charge in [-0.15, -0.1) is 0 Å². The molecule has 4 amide bonds. The highest BCUT2D eigenvalue weighted by Crippen LogP contribution is 2.20. The van der Waals surface area contributed by atoms with Crippen LogP contribution in [0.1, 0.15) is 12.0 Å². The van der Waals surface area contributed by atoms with Gasteiger partial charge in [0.2, 0.25) is 5.91 Å². The Balaban J connectivity index is 1.35. The Kier molecular flexibility index (Phi) is 5.38. The molecule has 0 aliphatic carbocycles. The standard InChI is InChI=1S/C22H22N4O4/c1-30-19-5-3-2-4-14(19)9-11-26-21(28)18(25-22(26)29)13-20(27)24-16-6-7-17-15(12-16)8-10-23-17/h2-8,10,12,18,23H,9,11,13H2,1H3,(H,24,27)(H,25,29)/t18-/m1/s1. The second-order valence-corrected chi connectivity index (χ2v) is 7.09. The predicted molar refractivity (Wildman–Crippen MR) is 112 cm³/mol. The third-order valence-electron chi connectivity index (χ3n) is 5.13. The molecule has 8 nitrogen and oxygen atoms in total. The first kappa shape index (κ1) is 19.5. The summed E-state index contributed by atoms with van der Waals surface area (Å²) in [6.45, 7) is 0.216. The van der Waals surface area contributed by atoms with Crippen LogP contribution in [-0.4, -0.2) is 47.4 Å². The van der Waals surface area contributed by atoms with Gasteiger partial charge in [0.15, 0.2) is 0 Å². The van der Waals surface area contributed by atoms with E-state index in [0.717, 1.165) is 21.4 Å². The van der Waals surface area contributed by atoms with Crippen molar-refractivity contribution in [3.05, 3.63) is 60.3 Å². The van der Waals surface area contributed by atoms with Crippen LogP contribution in [0.15, 0.2) is 54.7 Å². The zero-order valence-corrected chi connectivity index (χ0v) is 16.5. The minimum Gasteiger partial charge on any atom is -0.496 e. The lowest BCUT2D eigenvalue weighted by Crippen LogP contribution is -2.35. The normalized spacial score (nSPS) is 16.0. The van der Waals surface area contributed by atoms with Crippen LogP contribution in [0.4, 0.5) is 10.5 Å². The number of amides is 4. The Hall–Kier alpha value is -3.81. The molecular formula is C22H22N4O4. The van der Waals surface area contributed by atoms with Gasteiger partial charge in [-0.05, 0) is 42.3 Å². The van der Waals surface area contributed by atoms with Gasteiger partial charge in [0.1, 0.15) is 11.8 Å². The van der Waals surface area contributed by atoms with E-state index < -0.39 is 18.0 Å². The Morgan fingerprint density at radius 2 is 2.00 bits per heavy atom. The fourth-order valence-electron chi connectivity index (χ4n) is 3.60. The third-order valence-corrected chi connectivity index (χ3v) is 5.13. The van der Waals surface area contributed by atoms with Gasteiger partial charge in [0.25, 0.3) is 5.91 Å². The number of hydrogen-bond acceptors (Lipinski definition) is 4. The highest BCUT2D eigenvalue weighted by molar-refractivity contribution is 6.07. The van der Waals surface area contributed by atoms with Gasteiger partial charge in [-0.3, -0.25) is 14.5 Å². The van der Waals surface area contributed by atoms with Crippen molar-refractivity contribution in [1.29, 1.82) is 0 Å². The fraction of sp³-hybridized carbons (Fsp3) is 0.227. The fourth-order valence-corrected chi connectivity index (χ4v) is 3.60. The number of fused-ring (bicyclic) bond motifs is 1. The molecule has 0 spiro atoms. The molecule has 1 aromatic heterocycles. The number of imide groups is 1. The monoisotopic (exact) mass is 406 g/mol. The van der Waals surface area contributed by atoms with E-state index in [1.54, 1.807) is 13.2 Å². The molecule has 2 heterocycles. The molecular weight excluding hydrogens is 384 g/mol. The number of carbonyl (C=O) groups is 3. The number of nitrogens with one attached hydrogen (secondary N) is 3. The van der Waals surface area contributed by atoms with Gasteiger partial charge in [-0.1, -0.05) is 18.2 Å². The van der Waals surface area contributed by atoms with E-state index in [9.17, 15) is 14.4 Å². The average Bonchev–Trinajstić information content (AvgIpc) is 3.30. The van der Waals surface area contributed by atoms with Gasteiger partial charge in [-0.25, -0.2) is 4.79 Å². The van der Waals surface area contributed by atoms with Gasteiger partial charge < -0.3 is 20.4 Å². The van der Waals surface area contributed by atoms with Crippen LogP contribution in [0.2, 0.25) is 0 Å². The van der Waals surface area contributed by atoms with Gasteiger partial charge in [-0.2, -0.15) is 0 Å². The number of rotatable bonds is 7. The SMILES string of the molecule is COc1ccccc1CCN1C(=O)N[C@H](CC(=O)Nc2ccc3[nH]ccc3c2)C1=O. The van der Waals surface area contributed by atoms with Crippen molar-refractivity contribution in [2.24, 2.45) is 0 Å². The van der Waals surface area contributed by atoms with Crippen molar-refractivity contribution < 1.29 is 19.1 Å². The molecule has 0 saturated carbocycles. The zero-order chi connectivity index (χ0) is 21.1. The molecule has 1 aliphatic heterocycles. The average molecular weight is 406 g/mol. The first-order valence-corrected chi connectivity index (χ1v) is 9.66. The summed E-state index contributed by atoms with van der Waals surface area (Å²) in [5.74, 6) is -0.0267. The van der Waals surface area contributed by atoms with Crippen molar-refractivity contribution in [3.63, 3.8) is 0 Å². The molecule has 0 unspecified atom stereocenters. The molecule has 3 N–H and O–H groups in total. The summed E-state index contributed by atoms with van der Waals surface area (Å²) >= 11 is 0. The molecule has 1 aliphatic rings. The summed E-state index contributed by atoms with van der Waals surface area (Å²) in [4.78, 5) is 41.5. The Morgan fingerprint density at radius 3 is 2.83 bits per heavy atom. The lowest BCUT2D eigenvalue weighted by Gasteiger charge is -2.14. The van der Waals surface area contributed by atoms with Gasteiger partial charge in [0.05, 0.1) is 13.5 Å². The van der Waals surface area contributed by atoms with Crippen LogP contribution in [0.5, 0.6) is 5.75 Å². The van der Waals surface area contributed by atoms with E-state index >= 15 is 0 Å². The lowest BCUT2D eigenvalue weighted by atomic mass is 10.1. The maximum atomic E-state index is 12.6. The largest absolute Gasteiger partial charge is 0.496 e. The van der Waals surface area contributed by atoms with Gasteiger partial charge >= 0.3 is 6.03 Å². The molecule has 30 heavy (non-hydrogen) atoms. The number of benzene rings is 2. The second kappa shape index (κ2) is 8.28. The number of para-hydroxylation sites is 1. The van der Waals surface area contributed by atoms with Crippen LogP contribution in [0, 0.1) is 0 Å². The van der Waals surface area contributed by atoms with Crippen molar-refractivity contribution in [2.45, 2.75) is 18.9 Å². The Labute approximate surface area is 173 Å². The number of anilines is 1. The van der Waals surface area contributed by atoms with Crippen LogP contribution < -0.4 is 15.4 Å². The molecule has 3 aromatic rings. The maximum absolute atomic E-state index is 12.6. The summed E-state index contributed by atoms with van der Waals surface area (Å²) < 4.78 is 5.31. The van der Waals surface area contributed by atoms with Crippen molar-refractivity contribution in [1.82, 2.24) is 15.2 Å². The molecule has 0 radical (unpaired) electrons. The first-order chi connectivity index (χ1) is 14.5. The molecule has 1 saturated heterocycles. The first-order valence-electron chi connectivity index (χ1n) is 9.66. The third kappa shape index (κ3) is 3.98. The molecule has 8 heteroatoms. The highest BCUT2D eigenvalue weighted by atomic mass is 16.5. The highest BCUT2D eigenvalue weighted by Gasteiger charge is 2.38. The van der Waals surface area contributed by atoms with E-state index in [1.165, 1.54) is 0 Å². The maximum Gasteiger partial charge on any atom is 0.324 e. The number of hydrogen-bond donors (Lipinski definition) is 3. The Bertz CT molecular complexity index is 1110. The van der Waals surface area contributed by atoms with Crippen LogP contribution in [0.3, 0.4) is 0 Å². The Morgan fingerprint density at radius 1 is 1.17 bits per heavy atom. The number of nitrogens with zero attached hydrogens (tertiary/aromatic N) is 1. The smallest absolute Gasteiger partial charge is 0.324 e. The summed E-state index contributed by atoms with van der Waals surface area (Å²) in [6.07, 6.45) is 2.17. The predicted octanol–water partition coefficient (Wildman–Crippen LogP) is 2.67. The second-order valence-electron chi connectivity index (χ2n) is 7.09.